The average molecular weight is 560 g/mol. The van der Waals surface area contributed by atoms with Gasteiger partial charge in [0.15, 0.2) is 11.5 Å². The van der Waals surface area contributed by atoms with Gasteiger partial charge in [0.1, 0.15) is 5.82 Å². The van der Waals surface area contributed by atoms with Crippen molar-refractivity contribution in [2.75, 3.05) is 56.5 Å². The summed E-state index contributed by atoms with van der Waals surface area (Å²) in [5.74, 6) is 1.33. The van der Waals surface area contributed by atoms with Gasteiger partial charge >= 0.3 is 0 Å². The van der Waals surface area contributed by atoms with Gasteiger partial charge in [-0.2, -0.15) is 5.10 Å². The Labute approximate surface area is 246 Å². The third kappa shape index (κ3) is 5.33. The number of piperazine rings is 1. The van der Waals surface area contributed by atoms with Crippen molar-refractivity contribution in [3.8, 4) is 17.1 Å². The summed E-state index contributed by atoms with van der Waals surface area (Å²) in [5.41, 5.74) is 5.99. The number of anilines is 3. The zero-order chi connectivity index (χ0) is 28.5. The monoisotopic (exact) mass is 559 g/mol. The number of likely N-dealkylation sites (N-methyl/N-ethyl adjacent to an activating group) is 1. The summed E-state index contributed by atoms with van der Waals surface area (Å²) in [7, 11) is 2.23. The largest absolute Gasteiger partial charge is 0.371 e. The van der Waals surface area contributed by atoms with Crippen LogP contribution in [0.5, 0.6) is 0 Å². The summed E-state index contributed by atoms with van der Waals surface area (Å²) < 4.78 is 1.91. The predicted molar refractivity (Wildman–Crippen MR) is 169 cm³/mol. The number of piperidine rings is 1. The highest BCUT2D eigenvalue weighted by atomic mass is 15.3. The lowest BCUT2D eigenvalue weighted by molar-refractivity contribution is 0.0982. The number of rotatable bonds is 6. The molecule has 9 heteroatoms. The number of hydrogen-bond acceptors (Lipinski definition) is 8. The van der Waals surface area contributed by atoms with Gasteiger partial charge in [-0.25, -0.2) is 14.6 Å². The molecule has 2 aromatic carbocycles. The third-order valence-corrected chi connectivity index (χ3v) is 8.72. The van der Waals surface area contributed by atoms with E-state index >= 15 is 0 Å². The first-order valence-corrected chi connectivity index (χ1v) is 14.9. The van der Waals surface area contributed by atoms with Crippen molar-refractivity contribution in [1.29, 1.82) is 0 Å². The van der Waals surface area contributed by atoms with Gasteiger partial charge in [-0.1, -0.05) is 18.2 Å². The van der Waals surface area contributed by atoms with Crippen LogP contribution in [0.3, 0.4) is 0 Å². The smallest absolute Gasteiger partial charge is 0.169 e. The minimum absolute atomic E-state index is 0.605. The molecule has 0 unspecified atom stereocenters. The van der Waals surface area contributed by atoms with E-state index in [0.29, 0.717) is 11.9 Å². The molecule has 2 aliphatic rings. The van der Waals surface area contributed by atoms with E-state index in [9.17, 15) is 0 Å². The number of pyridine rings is 1. The topological polar surface area (TPSA) is 78.2 Å². The lowest BCUT2D eigenvalue weighted by Crippen LogP contribution is -2.52. The maximum Gasteiger partial charge on any atom is 0.169 e. The molecule has 0 spiro atoms. The molecule has 5 heterocycles. The van der Waals surface area contributed by atoms with Crippen molar-refractivity contribution in [1.82, 2.24) is 34.5 Å². The Morgan fingerprint density at radius 3 is 2.29 bits per heavy atom. The number of nitrogens with one attached hydrogen (secondary N) is 1. The van der Waals surface area contributed by atoms with Crippen LogP contribution >= 0.6 is 0 Å². The molecule has 0 atom stereocenters. The van der Waals surface area contributed by atoms with E-state index in [1.54, 1.807) is 12.4 Å². The molecule has 7 rings (SSSR count). The van der Waals surface area contributed by atoms with Crippen molar-refractivity contribution in [3.63, 3.8) is 0 Å². The number of fused-ring (bicyclic) bond motifs is 1. The Bertz CT molecular complexity index is 1650. The third-order valence-electron chi connectivity index (χ3n) is 8.72. The first-order chi connectivity index (χ1) is 20.6. The predicted octanol–water partition coefficient (Wildman–Crippen LogP) is 5.15. The first-order valence-electron chi connectivity index (χ1n) is 14.9. The van der Waals surface area contributed by atoms with E-state index in [1.165, 1.54) is 44.7 Å². The average Bonchev–Trinajstić information content (AvgIpc) is 3.48. The van der Waals surface area contributed by atoms with Crippen LogP contribution in [0.25, 0.3) is 28.1 Å². The maximum atomic E-state index is 4.97. The Morgan fingerprint density at radius 2 is 1.55 bits per heavy atom. The van der Waals surface area contributed by atoms with E-state index in [2.05, 4.69) is 75.4 Å². The van der Waals surface area contributed by atoms with Gasteiger partial charge < -0.3 is 15.1 Å². The minimum atomic E-state index is 0.605. The fourth-order valence-corrected chi connectivity index (χ4v) is 6.14. The molecule has 5 aromatic rings. The van der Waals surface area contributed by atoms with E-state index in [0.717, 1.165) is 52.4 Å². The maximum absolute atomic E-state index is 4.97. The Hall–Kier alpha value is -4.34. The summed E-state index contributed by atoms with van der Waals surface area (Å²) >= 11 is 0. The number of aromatic nitrogens is 5. The lowest BCUT2D eigenvalue weighted by Gasteiger charge is -2.42. The molecule has 214 valence electrons. The number of para-hydroxylation sites is 1. The molecule has 0 radical (unpaired) electrons. The number of hydrogen-bond donors (Lipinski definition) is 1. The quantitative estimate of drug-likeness (QED) is 0.306. The van der Waals surface area contributed by atoms with Crippen LogP contribution < -0.4 is 10.2 Å². The minimum Gasteiger partial charge on any atom is -0.371 e. The van der Waals surface area contributed by atoms with Gasteiger partial charge in [-0.3, -0.25) is 9.88 Å². The van der Waals surface area contributed by atoms with Crippen LogP contribution in [0.2, 0.25) is 0 Å². The van der Waals surface area contributed by atoms with Crippen molar-refractivity contribution >= 4 is 28.2 Å². The highest BCUT2D eigenvalue weighted by Crippen LogP contribution is 2.30. The molecule has 1 N–H and O–H groups in total. The van der Waals surface area contributed by atoms with Crippen LogP contribution in [0, 0.1) is 6.92 Å². The highest BCUT2D eigenvalue weighted by Gasteiger charge is 2.27. The van der Waals surface area contributed by atoms with E-state index in [4.69, 9.17) is 15.1 Å². The molecular weight excluding hydrogens is 522 g/mol. The van der Waals surface area contributed by atoms with Gasteiger partial charge in [0.2, 0.25) is 0 Å². The molecule has 0 saturated carbocycles. The van der Waals surface area contributed by atoms with E-state index < -0.39 is 0 Å². The number of benzene rings is 2. The fourth-order valence-electron chi connectivity index (χ4n) is 6.14. The lowest BCUT2D eigenvalue weighted by atomic mass is 10.0. The van der Waals surface area contributed by atoms with Crippen molar-refractivity contribution in [2.24, 2.45) is 0 Å². The zero-order valence-electron chi connectivity index (χ0n) is 24.3. The summed E-state index contributed by atoms with van der Waals surface area (Å²) in [6.45, 7) is 9.03. The molecule has 3 aromatic heterocycles. The summed E-state index contributed by atoms with van der Waals surface area (Å²) in [6, 6.07) is 21.5. The Kier molecular flexibility index (Phi) is 7.27. The zero-order valence-corrected chi connectivity index (χ0v) is 24.3. The van der Waals surface area contributed by atoms with Crippen molar-refractivity contribution in [2.45, 2.75) is 25.8 Å². The standard InChI is InChI=1S/C33H37N9/c1-24-6-3-4-8-30(24)36-32-29-23-35-42(33(29)38-31(37-32)25-7-5-15-34-22-25)28-11-9-26(10-12-28)40-16-13-27(14-17-40)41-20-18-39(2)19-21-41/h3-12,15,22-23,27H,13-14,16-21H2,1-2H3,(H,36,37,38). The number of aryl methyl sites for hydroxylation is 1. The molecule has 2 saturated heterocycles. The Morgan fingerprint density at radius 1 is 0.786 bits per heavy atom. The molecule has 2 fully saturated rings. The fraction of sp³-hybridized carbons (Fsp3) is 0.333. The van der Waals surface area contributed by atoms with E-state index in [-0.39, 0.29) is 0 Å². The first kappa shape index (κ1) is 26.6. The Balaban J connectivity index is 1.15. The molecular formula is C33H37N9. The highest BCUT2D eigenvalue weighted by molar-refractivity contribution is 5.91. The summed E-state index contributed by atoms with van der Waals surface area (Å²) in [4.78, 5) is 21.8. The van der Waals surface area contributed by atoms with Gasteiger partial charge in [-0.05, 0) is 74.8 Å². The van der Waals surface area contributed by atoms with Gasteiger partial charge in [0.05, 0.1) is 17.3 Å². The van der Waals surface area contributed by atoms with E-state index in [1.807, 2.05) is 35.1 Å². The summed E-state index contributed by atoms with van der Waals surface area (Å²) in [5, 5.41) is 9.17. The van der Waals surface area contributed by atoms with Crippen molar-refractivity contribution < 1.29 is 0 Å². The van der Waals surface area contributed by atoms with Crippen LogP contribution in [0.4, 0.5) is 17.2 Å². The second-order valence-electron chi connectivity index (χ2n) is 11.4. The van der Waals surface area contributed by atoms with Crippen LogP contribution in [0.15, 0.2) is 79.3 Å². The van der Waals surface area contributed by atoms with Crippen LogP contribution in [-0.2, 0) is 0 Å². The molecule has 0 aliphatic carbocycles. The van der Waals surface area contributed by atoms with Crippen LogP contribution in [0.1, 0.15) is 18.4 Å². The number of nitrogens with zero attached hydrogens (tertiary/aromatic N) is 8. The van der Waals surface area contributed by atoms with Crippen molar-refractivity contribution in [3.05, 3.63) is 84.8 Å². The molecule has 0 bridgehead atoms. The second-order valence-corrected chi connectivity index (χ2v) is 11.4. The van der Waals surface area contributed by atoms with Gasteiger partial charge in [-0.15, -0.1) is 0 Å². The molecule has 42 heavy (non-hydrogen) atoms. The second kappa shape index (κ2) is 11.5. The molecule has 0 amide bonds. The SMILES string of the molecule is Cc1ccccc1Nc1nc(-c2cccnc2)nc2c1cnn2-c1ccc(N2CCC(N3CCN(C)CC3)CC2)cc1. The van der Waals surface area contributed by atoms with Crippen LogP contribution in [-0.4, -0.2) is 86.9 Å². The molecule has 9 nitrogen and oxygen atoms in total. The molecule has 2 aliphatic heterocycles. The summed E-state index contributed by atoms with van der Waals surface area (Å²) in [6.07, 6.45) is 7.84. The normalized spacial score (nSPS) is 17.1. The van der Waals surface area contributed by atoms with Gasteiger partial charge in [0.25, 0.3) is 0 Å². The van der Waals surface area contributed by atoms with Gasteiger partial charge in [0, 0.05) is 74.6 Å².